The molecule has 0 aliphatic carbocycles. The molecule has 3 heteroatoms. The average molecular weight is 209 g/mol. The molecule has 0 heterocycles. The number of hydrogen-bond donors (Lipinski definition) is 2. The maximum atomic E-state index is 10.2. The highest BCUT2D eigenvalue weighted by Crippen LogP contribution is 1.98. The number of aliphatic carboxylic acids is 1. The molecule has 0 aliphatic heterocycles. The van der Waals surface area contributed by atoms with Crippen LogP contribution < -0.4 is 5.73 Å². The smallest absolute Gasteiger partial charge is 0.307 e. The van der Waals surface area contributed by atoms with Gasteiger partial charge in [0.15, 0.2) is 0 Å². The number of benzene rings is 1. The van der Waals surface area contributed by atoms with Gasteiger partial charge in [-0.1, -0.05) is 30.3 Å². The molecule has 0 radical (unpaired) electrons. The summed E-state index contributed by atoms with van der Waals surface area (Å²) in [6.45, 7) is 5.90. The molecule has 3 nitrogen and oxygen atoms in total. The molecule has 0 fully saturated rings. The molecule has 1 aromatic carbocycles. The van der Waals surface area contributed by atoms with Crippen molar-refractivity contribution >= 4 is 5.97 Å². The van der Waals surface area contributed by atoms with Gasteiger partial charge in [-0.05, 0) is 26.3 Å². The van der Waals surface area contributed by atoms with Crippen molar-refractivity contribution in [2.24, 2.45) is 5.73 Å². The fourth-order valence-corrected chi connectivity index (χ4v) is 0.770. The van der Waals surface area contributed by atoms with Gasteiger partial charge in [0, 0.05) is 5.54 Å². The number of carbonyl (C=O) groups is 1. The second-order valence-corrected chi connectivity index (χ2v) is 4.42. The Labute approximate surface area is 90.9 Å². The SMILES string of the molecule is CC(C)(C)N.O=C(O)Cc1ccccc1. The molecule has 0 saturated carbocycles. The highest BCUT2D eigenvalue weighted by atomic mass is 16.4. The first-order valence-electron chi connectivity index (χ1n) is 4.83. The normalized spacial score (nSPS) is 10.1. The van der Waals surface area contributed by atoms with Gasteiger partial charge >= 0.3 is 5.97 Å². The zero-order chi connectivity index (χ0) is 11.9. The van der Waals surface area contributed by atoms with E-state index in [9.17, 15) is 4.79 Å². The van der Waals surface area contributed by atoms with Crippen molar-refractivity contribution in [3.05, 3.63) is 35.9 Å². The second kappa shape index (κ2) is 6.19. The summed E-state index contributed by atoms with van der Waals surface area (Å²) in [6.07, 6.45) is 0.112. The Kier molecular flexibility index (Phi) is 5.64. The molecule has 0 saturated heterocycles. The van der Waals surface area contributed by atoms with Crippen LogP contribution in [0, 0.1) is 0 Å². The lowest BCUT2D eigenvalue weighted by molar-refractivity contribution is -0.136. The summed E-state index contributed by atoms with van der Waals surface area (Å²) in [5, 5.41) is 8.37. The fourth-order valence-electron chi connectivity index (χ4n) is 0.770. The van der Waals surface area contributed by atoms with Gasteiger partial charge in [-0.3, -0.25) is 4.79 Å². The summed E-state index contributed by atoms with van der Waals surface area (Å²) in [5.41, 5.74) is 6.20. The van der Waals surface area contributed by atoms with Crippen molar-refractivity contribution in [3.8, 4) is 0 Å². The van der Waals surface area contributed by atoms with Crippen LogP contribution in [0.4, 0.5) is 0 Å². The Morgan fingerprint density at radius 2 is 1.67 bits per heavy atom. The van der Waals surface area contributed by atoms with Gasteiger partial charge in [-0.2, -0.15) is 0 Å². The molecular weight excluding hydrogens is 190 g/mol. The van der Waals surface area contributed by atoms with Gasteiger partial charge in [-0.25, -0.2) is 0 Å². The van der Waals surface area contributed by atoms with Gasteiger partial charge in [0.2, 0.25) is 0 Å². The van der Waals surface area contributed by atoms with Gasteiger partial charge < -0.3 is 10.8 Å². The van der Waals surface area contributed by atoms with E-state index < -0.39 is 5.97 Å². The molecule has 0 atom stereocenters. The molecule has 3 N–H and O–H groups in total. The first kappa shape index (κ1) is 13.7. The predicted octanol–water partition coefficient (Wildman–Crippen LogP) is 2.06. The summed E-state index contributed by atoms with van der Waals surface area (Å²) in [5.74, 6) is -0.786. The third kappa shape index (κ3) is 12.6. The number of carboxylic acids is 1. The van der Waals surface area contributed by atoms with E-state index in [0.29, 0.717) is 0 Å². The van der Waals surface area contributed by atoms with Gasteiger partial charge in [0.1, 0.15) is 0 Å². The summed E-state index contributed by atoms with van der Waals surface area (Å²) in [6, 6.07) is 9.13. The van der Waals surface area contributed by atoms with Crippen LogP contribution >= 0.6 is 0 Å². The maximum absolute atomic E-state index is 10.2. The predicted molar refractivity (Wildman–Crippen MR) is 61.7 cm³/mol. The van der Waals surface area contributed by atoms with Gasteiger partial charge in [0.25, 0.3) is 0 Å². The van der Waals surface area contributed by atoms with Crippen LogP contribution in [0.3, 0.4) is 0 Å². The van der Waals surface area contributed by atoms with Crippen molar-refractivity contribution in [2.75, 3.05) is 0 Å². The highest BCUT2D eigenvalue weighted by Gasteiger charge is 1.96. The van der Waals surface area contributed by atoms with Gasteiger partial charge in [-0.15, -0.1) is 0 Å². The fraction of sp³-hybridized carbons (Fsp3) is 0.417. The Bertz CT molecular complexity index is 282. The van der Waals surface area contributed by atoms with Crippen LogP contribution in [0.1, 0.15) is 26.3 Å². The minimum absolute atomic E-state index is 0. The van der Waals surface area contributed by atoms with Crippen molar-refractivity contribution in [2.45, 2.75) is 32.7 Å². The molecule has 0 amide bonds. The standard InChI is InChI=1S/C8H8O2.C4H11N/c9-8(10)6-7-4-2-1-3-5-7;1-4(2,3)5/h1-5H,6H2,(H,9,10);5H2,1-3H3. The third-order valence-corrected chi connectivity index (χ3v) is 1.20. The molecule has 0 unspecified atom stereocenters. The van der Waals surface area contributed by atoms with Crippen molar-refractivity contribution < 1.29 is 9.90 Å². The number of carboxylic acid groups (broad SMARTS) is 1. The van der Waals surface area contributed by atoms with E-state index in [-0.39, 0.29) is 12.0 Å². The van der Waals surface area contributed by atoms with E-state index in [2.05, 4.69) is 0 Å². The zero-order valence-electron chi connectivity index (χ0n) is 9.53. The molecule has 0 aliphatic rings. The topological polar surface area (TPSA) is 63.3 Å². The quantitative estimate of drug-likeness (QED) is 0.783. The number of nitrogens with two attached hydrogens (primary N) is 1. The van der Waals surface area contributed by atoms with E-state index in [1.807, 2.05) is 39.0 Å². The van der Waals surface area contributed by atoms with Gasteiger partial charge in [0.05, 0.1) is 6.42 Å². The molecule has 1 aromatic rings. The Morgan fingerprint density at radius 3 is 2.00 bits per heavy atom. The Morgan fingerprint density at radius 1 is 1.27 bits per heavy atom. The van der Waals surface area contributed by atoms with E-state index in [1.54, 1.807) is 12.1 Å². The molecule has 84 valence electrons. The monoisotopic (exact) mass is 209 g/mol. The number of hydrogen-bond acceptors (Lipinski definition) is 2. The van der Waals surface area contributed by atoms with E-state index in [0.717, 1.165) is 5.56 Å². The average Bonchev–Trinajstić information content (AvgIpc) is 2.01. The number of rotatable bonds is 2. The van der Waals surface area contributed by atoms with E-state index in [1.165, 1.54) is 0 Å². The molecule has 0 aromatic heterocycles. The summed E-state index contributed by atoms with van der Waals surface area (Å²) in [4.78, 5) is 10.2. The van der Waals surface area contributed by atoms with Crippen LogP contribution in [0.15, 0.2) is 30.3 Å². The van der Waals surface area contributed by atoms with Crippen LogP contribution in [0.2, 0.25) is 0 Å². The lowest BCUT2D eigenvalue weighted by Crippen LogP contribution is -2.26. The van der Waals surface area contributed by atoms with Crippen molar-refractivity contribution in [1.82, 2.24) is 0 Å². The first-order chi connectivity index (χ1) is 6.79. The summed E-state index contributed by atoms with van der Waals surface area (Å²) < 4.78 is 0. The van der Waals surface area contributed by atoms with Crippen LogP contribution in [0.5, 0.6) is 0 Å². The first-order valence-corrected chi connectivity index (χ1v) is 4.83. The van der Waals surface area contributed by atoms with E-state index in [4.69, 9.17) is 10.8 Å². The molecule has 1 rings (SSSR count). The molecular formula is C12H19NO2. The third-order valence-electron chi connectivity index (χ3n) is 1.20. The van der Waals surface area contributed by atoms with E-state index >= 15 is 0 Å². The minimum Gasteiger partial charge on any atom is -0.481 e. The Balaban J connectivity index is 0.000000336. The second-order valence-electron chi connectivity index (χ2n) is 4.42. The zero-order valence-corrected chi connectivity index (χ0v) is 9.53. The Hall–Kier alpha value is -1.35. The molecule has 15 heavy (non-hydrogen) atoms. The molecule has 0 spiro atoms. The van der Waals surface area contributed by atoms with Crippen LogP contribution in [0.25, 0.3) is 0 Å². The van der Waals surface area contributed by atoms with Crippen LogP contribution in [-0.4, -0.2) is 16.6 Å². The maximum Gasteiger partial charge on any atom is 0.307 e. The van der Waals surface area contributed by atoms with Crippen molar-refractivity contribution in [3.63, 3.8) is 0 Å². The largest absolute Gasteiger partial charge is 0.481 e. The highest BCUT2D eigenvalue weighted by molar-refractivity contribution is 5.70. The molecule has 0 bridgehead atoms. The summed E-state index contributed by atoms with van der Waals surface area (Å²) in [7, 11) is 0. The summed E-state index contributed by atoms with van der Waals surface area (Å²) >= 11 is 0. The lowest BCUT2D eigenvalue weighted by Gasteiger charge is -2.06. The lowest BCUT2D eigenvalue weighted by atomic mass is 10.1. The van der Waals surface area contributed by atoms with Crippen molar-refractivity contribution in [1.29, 1.82) is 0 Å². The van der Waals surface area contributed by atoms with Crippen LogP contribution in [-0.2, 0) is 11.2 Å². The minimum atomic E-state index is -0.786.